The third kappa shape index (κ3) is 4.60. The van der Waals surface area contributed by atoms with E-state index >= 15 is 0 Å². The van der Waals surface area contributed by atoms with Crippen molar-refractivity contribution in [1.82, 2.24) is 15.2 Å². The van der Waals surface area contributed by atoms with Gasteiger partial charge in [-0.05, 0) is 26.0 Å². The highest BCUT2D eigenvalue weighted by molar-refractivity contribution is 5.97. The highest BCUT2D eigenvalue weighted by atomic mass is 16.5. The molecule has 29 heavy (non-hydrogen) atoms. The van der Waals surface area contributed by atoms with Gasteiger partial charge in [-0.15, -0.1) is 0 Å². The van der Waals surface area contributed by atoms with Gasteiger partial charge < -0.3 is 15.0 Å². The predicted octanol–water partition coefficient (Wildman–Crippen LogP) is 3.02. The number of carbonyl (C=O) groups excluding carboxylic acids is 1. The smallest absolute Gasteiger partial charge is 0.241 e. The van der Waals surface area contributed by atoms with Gasteiger partial charge in [-0.25, -0.2) is 4.98 Å². The van der Waals surface area contributed by atoms with Crippen LogP contribution >= 0.6 is 0 Å². The standard InChI is InChI=1S/C23H32N4O2/c1-7-9-18(8-2)29-21-10-20-19(12-25-21)23(5,6)15-27(20)22(28)14-26-13-16(3)24-11-17(26)4/h7-10,12,16-17,24H,1-2,11,13-15H2,3-6H3/b18-9+/t16-,17+/m1/s1. The lowest BCUT2D eigenvalue weighted by atomic mass is 9.88. The minimum Gasteiger partial charge on any atom is -0.439 e. The Balaban J connectivity index is 1.84. The predicted molar refractivity (Wildman–Crippen MR) is 117 cm³/mol. The van der Waals surface area contributed by atoms with E-state index in [1.54, 1.807) is 18.2 Å². The zero-order chi connectivity index (χ0) is 21.2. The summed E-state index contributed by atoms with van der Waals surface area (Å²) in [5.41, 5.74) is 1.78. The maximum absolute atomic E-state index is 13.3. The van der Waals surface area contributed by atoms with Crippen molar-refractivity contribution in [3.05, 3.63) is 55.0 Å². The molecule has 0 radical (unpaired) electrons. The van der Waals surface area contributed by atoms with E-state index in [4.69, 9.17) is 4.74 Å². The number of nitrogens with one attached hydrogen (secondary N) is 1. The Morgan fingerprint density at radius 2 is 2.17 bits per heavy atom. The number of amides is 1. The topological polar surface area (TPSA) is 57.7 Å². The first kappa shape index (κ1) is 21.3. The van der Waals surface area contributed by atoms with Crippen LogP contribution in [-0.2, 0) is 10.2 Å². The van der Waals surface area contributed by atoms with Crippen LogP contribution in [0, 0.1) is 0 Å². The molecule has 156 valence electrons. The fraction of sp³-hybridized carbons (Fsp3) is 0.478. The Hall–Kier alpha value is -2.44. The molecule has 3 rings (SSSR count). The SMILES string of the molecule is C=C/C=C(\C=C)Oc1cc2c(cn1)C(C)(C)CN2C(=O)CN1C[C@@H](C)NC[C@@H]1C. The molecule has 6 heteroatoms. The van der Waals surface area contributed by atoms with Gasteiger partial charge in [0.25, 0.3) is 0 Å². The van der Waals surface area contributed by atoms with Gasteiger partial charge in [0.15, 0.2) is 0 Å². The largest absolute Gasteiger partial charge is 0.439 e. The van der Waals surface area contributed by atoms with Crippen LogP contribution in [0.2, 0.25) is 0 Å². The van der Waals surface area contributed by atoms with Crippen molar-refractivity contribution < 1.29 is 9.53 Å². The summed E-state index contributed by atoms with van der Waals surface area (Å²) in [7, 11) is 0. The molecule has 0 saturated carbocycles. The number of carbonyl (C=O) groups is 1. The van der Waals surface area contributed by atoms with Gasteiger partial charge >= 0.3 is 0 Å². The molecule has 6 nitrogen and oxygen atoms in total. The summed E-state index contributed by atoms with van der Waals surface area (Å²) in [5.74, 6) is 1.11. The summed E-state index contributed by atoms with van der Waals surface area (Å²) >= 11 is 0. The van der Waals surface area contributed by atoms with Crippen LogP contribution in [0.4, 0.5) is 5.69 Å². The van der Waals surface area contributed by atoms with Gasteiger partial charge in [0.1, 0.15) is 5.76 Å². The van der Waals surface area contributed by atoms with Gasteiger partial charge in [0, 0.05) is 55.0 Å². The van der Waals surface area contributed by atoms with E-state index in [2.05, 4.69) is 56.1 Å². The van der Waals surface area contributed by atoms with Gasteiger partial charge in [0.05, 0.1) is 12.2 Å². The van der Waals surface area contributed by atoms with Crippen LogP contribution in [-0.4, -0.2) is 54.1 Å². The number of piperazine rings is 1. The number of hydrogen-bond donors (Lipinski definition) is 1. The Morgan fingerprint density at radius 3 is 2.86 bits per heavy atom. The second-order valence-corrected chi connectivity index (χ2v) is 8.60. The Bertz CT molecular complexity index is 830. The van der Waals surface area contributed by atoms with Crippen molar-refractivity contribution in [3.8, 4) is 5.88 Å². The average molecular weight is 397 g/mol. The fourth-order valence-electron chi connectivity index (χ4n) is 3.97. The van der Waals surface area contributed by atoms with Crippen LogP contribution in [0.1, 0.15) is 33.3 Å². The average Bonchev–Trinajstić information content (AvgIpc) is 2.95. The summed E-state index contributed by atoms with van der Waals surface area (Å²) in [6, 6.07) is 2.58. The number of aromatic nitrogens is 1. The lowest BCUT2D eigenvalue weighted by Gasteiger charge is -2.37. The van der Waals surface area contributed by atoms with Gasteiger partial charge in [-0.1, -0.05) is 33.1 Å². The Morgan fingerprint density at radius 1 is 1.41 bits per heavy atom. The van der Waals surface area contributed by atoms with E-state index < -0.39 is 0 Å². The molecule has 0 aliphatic carbocycles. The summed E-state index contributed by atoms with van der Waals surface area (Å²) in [6.45, 7) is 18.9. The highest BCUT2D eigenvalue weighted by Gasteiger charge is 2.39. The number of hydrogen-bond acceptors (Lipinski definition) is 5. The minimum absolute atomic E-state index is 0.112. The van der Waals surface area contributed by atoms with Crippen molar-refractivity contribution in [2.24, 2.45) is 0 Å². The molecule has 2 atom stereocenters. The van der Waals surface area contributed by atoms with Gasteiger partial charge in [-0.3, -0.25) is 9.69 Å². The van der Waals surface area contributed by atoms with E-state index in [1.165, 1.54) is 0 Å². The van der Waals surface area contributed by atoms with Crippen LogP contribution in [0.5, 0.6) is 5.88 Å². The van der Waals surface area contributed by atoms with Crippen molar-refractivity contribution in [1.29, 1.82) is 0 Å². The van der Waals surface area contributed by atoms with Crippen molar-refractivity contribution in [3.63, 3.8) is 0 Å². The summed E-state index contributed by atoms with van der Waals surface area (Å²) < 4.78 is 5.81. The van der Waals surface area contributed by atoms with E-state index in [-0.39, 0.29) is 11.3 Å². The van der Waals surface area contributed by atoms with Crippen molar-refractivity contribution >= 4 is 11.6 Å². The van der Waals surface area contributed by atoms with E-state index in [1.807, 2.05) is 17.2 Å². The molecular weight excluding hydrogens is 364 g/mol. The number of pyridine rings is 1. The van der Waals surface area contributed by atoms with Gasteiger partial charge in [0.2, 0.25) is 11.8 Å². The lowest BCUT2D eigenvalue weighted by Crippen LogP contribution is -2.56. The molecule has 2 aliphatic rings. The zero-order valence-electron chi connectivity index (χ0n) is 17.9. The number of anilines is 1. The van der Waals surface area contributed by atoms with Crippen molar-refractivity contribution in [2.75, 3.05) is 31.1 Å². The summed E-state index contributed by atoms with van der Waals surface area (Å²) in [6.07, 6.45) is 6.79. The van der Waals surface area contributed by atoms with Crippen LogP contribution < -0.4 is 15.0 Å². The quantitative estimate of drug-likeness (QED) is 0.592. The molecule has 1 fully saturated rings. The van der Waals surface area contributed by atoms with Crippen LogP contribution in [0.3, 0.4) is 0 Å². The van der Waals surface area contributed by atoms with E-state index in [0.717, 1.165) is 24.3 Å². The fourth-order valence-corrected chi connectivity index (χ4v) is 3.97. The first-order chi connectivity index (χ1) is 13.7. The number of fused-ring (bicyclic) bond motifs is 1. The third-order valence-corrected chi connectivity index (χ3v) is 5.67. The Labute approximate surface area is 173 Å². The maximum Gasteiger partial charge on any atom is 0.241 e. The van der Waals surface area contributed by atoms with E-state index in [0.29, 0.717) is 36.8 Å². The number of rotatable bonds is 6. The highest BCUT2D eigenvalue weighted by Crippen LogP contribution is 2.41. The second kappa shape index (κ2) is 8.51. The summed E-state index contributed by atoms with van der Waals surface area (Å²) in [5, 5.41) is 3.46. The zero-order valence-corrected chi connectivity index (χ0v) is 17.9. The molecule has 0 bridgehead atoms. The molecule has 1 aromatic heterocycles. The van der Waals surface area contributed by atoms with E-state index in [9.17, 15) is 4.79 Å². The lowest BCUT2D eigenvalue weighted by molar-refractivity contribution is -0.120. The first-order valence-electron chi connectivity index (χ1n) is 10.2. The number of nitrogens with zero attached hydrogens (tertiary/aromatic N) is 3. The molecule has 1 aromatic rings. The molecule has 0 aromatic carbocycles. The molecule has 1 N–H and O–H groups in total. The molecule has 1 saturated heterocycles. The molecule has 2 aliphatic heterocycles. The number of allylic oxidation sites excluding steroid dienone is 3. The number of ether oxygens (including phenoxy) is 1. The molecule has 3 heterocycles. The third-order valence-electron chi connectivity index (χ3n) is 5.67. The normalized spacial score (nSPS) is 24.1. The van der Waals surface area contributed by atoms with Crippen LogP contribution in [0.25, 0.3) is 0 Å². The van der Waals surface area contributed by atoms with Gasteiger partial charge in [-0.2, -0.15) is 0 Å². The first-order valence-corrected chi connectivity index (χ1v) is 10.2. The molecule has 0 unspecified atom stereocenters. The Kier molecular flexibility index (Phi) is 6.24. The molecule has 0 spiro atoms. The minimum atomic E-state index is -0.156. The monoisotopic (exact) mass is 396 g/mol. The molecule has 1 amide bonds. The molecular formula is C23H32N4O2. The second-order valence-electron chi connectivity index (χ2n) is 8.60. The maximum atomic E-state index is 13.3. The summed E-state index contributed by atoms with van der Waals surface area (Å²) in [4.78, 5) is 21.9. The van der Waals surface area contributed by atoms with Crippen molar-refractivity contribution in [2.45, 2.75) is 45.2 Å². The van der Waals surface area contributed by atoms with Crippen LogP contribution in [0.15, 0.2) is 49.4 Å².